The zero-order valence-corrected chi connectivity index (χ0v) is 35.9. The number of esters is 2. The van der Waals surface area contributed by atoms with Gasteiger partial charge in [-0.1, -0.05) is 134 Å². The number of ether oxygens (including phenoxy) is 2. The van der Waals surface area contributed by atoms with E-state index < -0.39 is 26.5 Å². The predicted octanol–water partition coefficient (Wildman–Crippen LogP) is 12.0. The van der Waals surface area contributed by atoms with Gasteiger partial charge < -0.3 is 18.9 Å². The molecule has 0 spiro atoms. The van der Waals surface area contributed by atoms with Crippen LogP contribution in [-0.4, -0.2) is 74.9 Å². The molecule has 53 heavy (non-hydrogen) atoms. The summed E-state index contributed by atoms with van der Waals surface area (Å²) in [7, 11) is 1.47. The van der Waals surface area contributed by atoms with Crippen LogP contribution in [0.2, 0.25) is 0 Å². The van der Waals surface area contributed by atoms with Crippen LogP contribution >= 0.6 is 7.82 Å². The summed E-state index contributed by atoms with van der Waals surface area (Å²) in [5, 5.41) is 0. The number of allylic oxidation sites excluding steroid dienone is 4. The molecule has 0 saturated heterocycles. The lowest BCUT2D eigenvalue weighted by molar-refractivity contribution is -0.870. The van der Waals surface area contributed by atoms with Crippen molar-refractivity contribution in [2.24, 2.45) is 0 Å². The first-order valence-electron chi connectivity index (χ1n) is 21.6. The molecule has 0 fully saturated rings. The number of carbonyl (C=O) groups excluding carboxylic acids is 2. The third-order valence-corrected chi connectivity index (χ3v) is 10.2. The molecule has 0 aliphatic heterocycles. The number of phosphoric ester groups is 1. The lowest BCUT2D eigenvalue weighted by Crippen LogP contribution is -2.37. The van der Waals surface area contributed by atoms with E-state index in [-0.39, 0.29) is 32.0 Å². The molecule has 0 heterocycles. The number of hydrogen-bond acceptors (Lipinski definition) is 7. The number of rotatable bonds is 39. The van der Waals surface area contributed by atoms with Gasteiger partial charge >= 0.3 is 19.8 Å². The summed E-state index contributed by atoms with van der Waals surface area (Å²) in [5.74, 6) is -0.816. The van der Waals surface area contributed by atoms with E-state index >= 15 is 0 Å². The molecule has 1 unspecified atom stereocenters. The summed E-state index contributed by atoms with van der Waals surface area (Å²) in [6, 6.07) is 0. The highest BCUT2D eigenvalue weighted by Crippen LogP contribution is 2.43. The molecule has 0 aromatic heterocycles. The number of likely N-dealkylation sites (N-methyl/N-ethyl adjacent to an activating group) is 1. The maximum absolute atomic E-state index is 12.6. The van der Waals surface area contributed by atoms with Gasteiger partial charge in [-0.2, -0.15) is 0 Å². The van der Waals surface area contributed by atoms with Gasteiger partial charge in [-0.05, 0) is 64.2 Å². The van der Waals surface area contributed by atoms with E-state index in [9.17, 15) is 19.0 Å². The first-order chi connectivity index (χ1) is 25.5. The molecule has 0 rings (SSSR count). The number of carbonyl (C=O) groups is 2. The molecule has 0 aromatic carbocycles. The molecule has 0 aliphatic rings. The Hall–Kier alpha value is -1.51. The van der Waals surface area contributed by atoms with Crippen molar-refractivity contribution in [3.8, 4) is 0 Å². The fraction of sp³-hybridized carbons (Fsp3) is 0.860. The van der Waals surface area contributed by atoms with Gasteiger partial charge in [0, 0.05) is 12.8 Å². The van der Waals surface area contributed by atoms with Gasteiger partial charge in [0.2, 0.25) is 0 Å². The zero-order valence-electron chi connectivity index (χ0n) is 35.0. The van der Waals surface area contributed by atoms with Crippen LogP contribution in [0.25, 0.3) is 0 Å². The van der Waals surface area contributed by atoms with Crippen molar-refractivity contribution in [1.82, 2.24) is 0 Å². The quantitative estimate of drug-likeness (QED) is 0.0216. The van der Waals surface area contributed by atoms with Gasteiger partial charge in [0.15, 0.2) is 6.10 Å². The lowest BCUT2D eigenvalue weighted by Gasteiger charge is -2.24. The highest BCUT2D eigenvalue weighted by Gasteiger charge is 2.27. The lowest BCUT2D eigenvalue weighted by atomic mass is 10.1. The summed E-state index contributed by atoms with van der Waals surface area (Å²) in [6.07, 6.45) is 37.9. The fourth-order valence-corrected chi connectivity index (χ4v) is 6.51. The van der Waals surface area contributed by atoms with Gasteiger partial charge in [-0.3, -0.25) is 18.6 Å². The molecule has 312 valence electrons. The maximum Gasteiger partial charge on any atom is 0.472 e. The molecule has 1 N–H and O–H groups in total. The SMILES string of the molecule is CCCCCC/C=C\CCCCCCCC(=O)O[C@H](COC(=O)CCCCCCC/C=C\CCCCCCCCC)COP(=O)(O)OCC[N+](C)(C)C. The third kappa shape index (κ3) is 40.0. The summed E-state index contributed by atoms with van der Waals surface area (Å²) in [6.45, 7) is 4.39. The highest BCUT2D eigenvalue weighted by molar-refractivity contribution is 7.47. The molecule has 0 aliphatic carbocycles. The van der Waals surface area contributed by atoms with E-state index in [1.165, 1.54) is 83.5 Å². The van der Waals surface area contributed by atoms with E-state index in [1.807, 2.05) is 21.1 Å². The number of hydrogen-bond donors (Lipinski definition) is 1. The molecular weight excluding hydrogens is 689 g/mol. The molecule has 0 saturated carbocycles. The molecule has 0 bridgehead atoms. The third-order valence-electron chi connectivity index (χ3n) is 9.20. The number of quaternary nitrogens is 1. The van der Waals surface area contributed by atoms with Crippen molar-refractivity contribution >= 4 is 19.8 Å². The minimum atomic E-state index is -4.37. The van der Waals surface area contributed by atoms with Gasteiger partial charge in [0.25, 0.3) is 0 Å². The van der Waals surface area contributed by atoms with Crippen LogP contribution in [-0.2, 0) is 32.7 Å². The smallest absolute Gasteiger partial charge is 0.462 e. The Morgan fingerprint density at radius 2 is 0.962 bits per heavy atom. The van der Waals surface area contributed by atoms with Crippen molar-refractivity contribution in [2.45, 2.75) is 193 Å². The monoisotopic (exact) mass is 773 g/mol. The van der Waals surface area contributed by atoms with E-state index in [0.717, 1.165) is 70.6 Å². The largest absolute Gasteiger partial charge is 0.472 e. The minimum absolute atomic E-state index is 0.0298. The number of phosphoric acid groups is 1. The van der Waals surface area contributed by atoms with Gasteiger partial charge in [-0.25, -0.2) is 4.57 Å². The van der Waals surface area contributed by atoms with Crippen LogP contribution in [0.15, 0.2) is 24.3 Å². The Morgan fingerprint density at radius 1 is 0.566 bits per heavy atom. The summed E-state index contributed by atoms with van der Waals surface area (Å²) in [5.41, 5.74) is 0. The topological polar surface area (TPSA) is 108 Å². The summed E-state index contributed by atoms with van der Waals surface area (Å²) < 4.78 is 34.2. The van der Waals surface area contributed by atoms with Crippen LogP contribution in [0.5, 0.6) is 0 Å². The molecular formula is C43H83NO8P+. The minimum Gasteiger partial charge on any atom is -0.462 e. The second-order valence-electron chi connectivity index (χ2n) is 15.7. The second-order valence-corrected chi connectivity index (χ2v) is 17.2. The first kappa shape index (κ1) is 51.5. The summed E-state index contributed by atoms with van der Waals surface area (Å²) >= 11 is 0. The number of unbranched alkanes of at least 4 members (excludes halogenated alkanes) is 21. The Bertz CT molecular complexity index is 964. The summed E-state index contributed by atoms with van der Waals surface area (Å²) in [4.78, 5) is 35.3. The van der Waals surface area contributed by atoms with Crippen molar-refractivity contribution in [2.75, 3.05) is 47.5 Å². The fourth-order valence-electron chi connectivity index (χ4n) is 5.77. The van der Waals surface area contributed by atoms with Crippen LogP contribution in [0, 0.1) is 0 Å². The molecule has 0 radical (unpaired) electrons. The second kappa shape index (κ2) is 36.1. The Morgan fingerprint density at radius 3 is 1.42 bits per heavy atom. The van der Waals surface area contributed by atoms with Crippen LogP contribution in [0.3, 0.4) is 0 Å². The Kier molecular flexibility index (Phi) is 35.1. The van der Waals surface area contributed by atoms with E-state index in [0.29, 0.717) is 17.4 Å². The predicted molar refractivity (Wildman–Crippen MR) is 220 cm³/mol. The molecule has 0 amide bonds. The molecule has 0 aromatic rings. The normalized spacial score (nSPS) is 13.8. The van der Waals surface area contributed by atoms with Crippen molar-refractivity contribution < 1.29 is 42.1 Å². The molecule has 2 atom stereocenters. The maximum atomic E-state index is 12.6. The van der Waals surface area contributed by atoms with Crippen LogP contribution in [0.4, 0.5) is 0 Å². The zero-order chi connectivity index (χ0) is 39.3. The Balaban J connectivity index is 4.38. The van der Waals surface area contributed by atoms with Gasteiger partial charge in [0.1, 0.15) is 19.8 Å². The van der Waals surface area contributed by atoms with Gasteiger partial charge in [-0.15, -0.1) is 0 Å². The van der Waals surface area contributed by atoms with Crippen molar-refractivity contribution in [1.29, 1.82) is 0 Å². The van der Waals surface area contributed by atoms with E-state index in [1.54, 1.807) is 0 Å². The standard InChI is InChI=1S/C43H82NO8P/c1-6-8-10-12-14-16-18-20-21-22-24-25-27-29-31-33-35-42(45)49-39-41(40-51-53(47,48)50-38-37-44(3,4)5)52-43(46)36-34-32-30-28-26-23-19-17-15-13-11-9-7-2/h17,19,21-22,41H,6-16,18,20,23-40H2,1-5H3/p+1/b19-17-,22-21-/t41-/m1/s1. The highest BCUT2D eigenvalue weighted by atomic mass is 31.2. The van der Waals surface area contributed by atoms with Crippen molar-refractivity contribution in [3.05, 3.63) is 24.3 Å². The molecule has 10 heteroatoms. The molecule has 9 nitrogen and oxygen atoms in total. The van der Waals surface area contributed by atoms with Crippen molar-refractivity contribution in [3.63, 3.8) is 0 Å². The average molecular weight is 773 g/mol. The Labute approximate surface area is 326 Å². The average Bonchev–Trinajstić information content (AvgIpc) is 3.10. The van der Waals surface area contributed by atoms with E-state index in [2.05, 4.69) is 38.2 Å². The number of nitrogens with zero attached hydrogens (tertiary/aromatic N) is 1. The van der Waals surface area contributed by atoms with Crippen LogP contribution in [0.1, 0.15) is 187 Å². The van der Waals surface area contributed by atoms with E-state index in [4.69, 9.17) is 18.5 Å². The van der Waals surface area contributed by atoms with Gasteiger partial charge in [0.05, 0.1) is 27.7 Å². The van der Waals surface area contributed by atoms with Crippen LogP contribution < -0.4 is 0 Å². The first-order valence-corrected chi connectivity index (χ1v) is 23.1.